The molecule has 1 atom stereocenters. The molecule has 29 heavy (non-hydrogen) atoms. The summed E-state index contributed by atoms with van der Waals surface area (Å²) in [5.41, 5.74) is 5.48. The van der Waals surface area contributed by atoms with Gasteiger partial charge >= 0.3 is 0 Å². The molecule has 4 aromatic rings. The summed E-state index contributed by atoms with van der Waals surface area (Å²) in [7, 11) is 0. The Morgan fingerprint density at radius 3 is 2.21 bits per heavy atom. The molecule has 1 unspecified atom stereocenters. The number of rotatable bonds is 3. The van der Waals surface area contributed by atoms with Crippen LogP contribution in [-0.4, -0.2) is 9.78 Å². The van der Waals surface area contributed by atoms with Gasteiger partial charge in [0.2, 0.25) is 0 Å². The van der Waals surface area contributed by atoms with Gasteiger partial charge in [0.15, 0.2) is 0 Å². The molecule has 1 N–H and O–H groups in total. The van der Waals surface area contributed by atoms with Crippen molar-refractivity contribution in [2.45, 2.75) is 12.3 Å². The zero-order chi connectivity index (χ0) is 19.8. The quantitative estimate of drug-likeness (QED) is 0.507. The molecule has 0 saturated carbocycles. The van der Waals surface area contributed by atoms with Crippen molar-refractivity contribution in [3.8, 4) is 5.69 Å². The summed E-state index contributed by atoms with van der Waals surface area (Å²) in [4.78, 5) is 13.3. The van der Waals surface area contributed by atoms with Crippen LogP contribution in [0.5, 0.6) is 0 Å². The minimum absolute atomic E-state index is 0.0329. The van der Waals surface area contributed by atoms with E-state index in [2.05, 4.69) is 17.2 Å². The molecule has 0 amide bonds. The van der Waals surface area contributed by atoms with Crippen molar-refractivity contribution < 1.29 is 4.39 Å². The first kappa shape index (κ1) is 17.4. The topological polar surface area (TPSA) is 37.8 Å². The third-order valence-electron chi connectivity index (χ3n) is 5.48. The average molecular weight is 382 g/mol. The molecule has 3 nitrogen and oxygen atoms in total. The lowest BCUT2D eigenvalue weighted by Crippen LogP contribution is -2.21. The van der Waals surface area contributed by atoms with Gasteiger partial charge < -0.3 is 0 Å². The molecule has 0 fully saturated rings. The lowest BCUT2D eigenvalue weighted by atomic mass is 9.80. The molecule has 0 spiro atoms. The molecule has 1 aliphatic rings. The molecule has 0 aliphatic heterocycles. The van der Waals surface area contributed by atoms with Crippen LogP contribution in [0.25, 0.3) is 17.3 Å². The Bertz CT molecular complexity index is 1240. The second-order valence-corrected chi connectivity index (χ2v) is 7.26. The van der Waals surface area contributed by atoms with E-state index in [1.807, 2.05) is 54.6 Å². The van der Waals surface area contributed by atoms with Crippen LogP contribution in [0.4, 0.5) is 4.39 Å². The van der Waals surface area contributed by atoms with Gasteiger partial charge in [-0.15, -0.1) is 0 Å². The zero-order valence-electron chi connectivity index (χ0n) is 15.7. The molecular formula is C25H19FN2O. The van der Waals surface area contributed by atoms with Gasteiger partial charge in [-0.05, 0) is 53.5 Å². The third-order valence-corrected chi connectivity index (χ3v) is 5.48. The van der Waals surface area contributed by atoms with Crippen molar-refractivity contribution in [2.75, 3.05) is 0 Å². The van der Waals surface area contributed by atoms with Gasteiger partial charge in [0, 0.05) is 5.92 Å². The van der Waals surface area contributed by atoms with Crippen molar-refractivity contribution in [2.24, 2.45) is 0 Å². The van der Waals surface area contributed by atoms with Gasteiger partial charge in [0.05, 0.1) is 16.9 Å². The fourth-order valence-electron chi connectivity index (χ4n) is 4.06. The second kappa shape index (κ2) is 7.06. The molecule has 1 aliphatic carbocycles. The van der Waals surface area contributed by atoms with E-state index in [-0.39, 0.29) is 17.3 Å². The number of H-pyrrole nitrogens is 1. The van der Waals surface area contributed by atoms with E-state index in [9.17, 15) is 9.18 Å². The molecule has 1 heterocycles. The predicted octanol–water partition coefficient (Wildman–Crippen LogP) is 5.38. The van der Waals surface area contributed by atoms with Crippen molar-refractivity contribution >= 4 is 11.6 Å². The monoisotopic (exact) mass is 382 g/mol. The third kappa shape index (κ3) is 3.13. The van der Waals surface area contributed by atoms with Gasteiger partial charge in [-0.2, -0.15) is 0 Å². The zero-order valence-corrected chi connectivity index (χ0v) is 15.7. The van der Waals surface area contributed by atoms with Crippen LogP contribution in [0.15, 0.2) is 89.7 Å². The van der Waals surface area contributed by atoms with Crippen LogP contribution in [0.1, 0.15) is 34.7 Å². The van der Waals surface area contributed by atoms with E-state index >= 15 is 0 Å². The molecule has 0 saturated heterocycles. The summed E-state index contributed by atoms with van der Waals surface area (Å²) in [6, 6.07) is 26.2. The van der Waals surface area contributed by atoms with E-state index in [0.717, 1.165) is 33.6 Å². The summed E-state index contributed by atoms with van der Waals surface area (Å²) >= 11 is 0. The standard InChI is InChI=1S/C25H19FN2O/c26-20-13-11-17(12-14-20)19-15-22(18-7-3-1-4-8-18)24-23(16-19)27-28(25(24)29)21-9-5-2-6-10-21/h1-14,16,22,27H,15H2. The highest BCUT2D eigenvalue weighted by Gasteiger charge is 2.29. The molecule has 1 aromatic heterocycles. The van der Waals surface area contributed by atoms with Crippen LogP contribution in [0.3, 0.4) is 0 Å². The summed E-state index contributed by atoms with van der Waals surface area (Å²) in [5, 5.41) is 3.28. The number of para-hydroxylation sites is 1. The first-order chi connectivity index (χ1) is 14.2. The highest BCUT2D eigenvalue weighted by atomic mass is 19.1. The average Bonchev–Trinajstić information content (AvgIpc) is 3.11. The summed E-state index contributed by atoms with van der Waals surface area (Å²) in [6.07, 6.45) is 2.70. The predicted molar refractivity (Wildman–Crippen MR) is 114 cm³/mol. The number of benzene rings is 3. The van der Waals surface area contributed by atoms with Gasteiger partial charge in [0.1, 0.15) is 5.82 Å². The number of aromatic amines is 1. The highest BCUT2D eigenvalue weighted by molar-refractivity contribution is 5.84. The number of hydrogen-bond donors (Lipinski definition) is 1. The first-order valence-corrected chi connectivity index (χ1v) is 9.62. The Morgan fingerprint density at radius 1 is 0.862 bits per heavy atom. The lowest BCUT2D eigenvalue weighted by Gasteiger charge is -2.23. The Morgan fingerprint density at radius 2 is 1.52 bits per heavy atom. The molecule has 3 aromatic carbocycles. The van der Waals surface area contributed by atoms with Crippen LogP contribution < -0.4 is 5.56 Å². The van der Waals surface area contributed by atoms with Crippen molar-refractivity contribution in [1.29, 1.82) is 0 Å². The first-order valence-electron chi connectivity index (χ1n) is 9.62. The van der Waals surface area contributed by atoms with Crippen LogP contribution >= 0.6 is 0 Å². The van der Waals surface area contributed by atoms with Gasteiger partial charge in [-0.25, -0.2) is 9.07 Å². The SMILES string of the molecule is O=c1c2c([nH]n1-c1ccccc1)C=C(c1ccc(F)cc1)CC2c1ccccc1. The van der Waals surface area contributed by atoms with E-state index < -0.39 is 0 Å². The maximum Gasteiger partial charge on any atom is 0.275 e. The largest absolute Gasteiger partial charge is 0.291 e. The summed E-state index contributed by atoms with van der Waals surface area (Å²) in [5.74, 6) is -0.320. The smallest absolute Gasteiger partial charge is 0.275 e. The highest BCUT2D eigenvalue weighted by Crippen LogP contribution is 2.40. The van der Waals surface area contributed by atoms with Gasteiger partial charge in [-0.3, -0.25) is 9.89 Å². The molecule has 5 rings (SSSR count). The van der Waals surface area contributed by atoms with Crippen LogP contribution in [0.2, 0.25) is 0 Å². The number of fused-ring (bicyclic) bond motifs is 1. The lowest BCUT2D eigenvalue weighted by molar-refractivity contribution is 0.627. The normalized spacial score (nSPS) is 15.6. The van der Waals surface area contributed by atoms with E-state index in [0.29, 0.717) is 6.42 Å². The number of aromatic nitrogens is 2. The summed E-state index contributed by atoms with van der Waals surface area (Å²) < 4.78 is 15.0. The Balaban J connectivity index is 1.70. The number of nitrogens with zero attached hydrogens (tertiary/aromatic N) is 1. The number of hydrogen-bond acceptors (Lipinski definition) is 1. The van der Waals surface area contributed by atoms with Crippen molar-refractivity contribution in [1.82, 2.24) is 9.78 Å². The van der Waals surface area contributed by atoms with Crippen molar-refractivity contribution in [3.05, 3.63) is 123 Å². The fraction of sp³-hybridized carbons (Fsp3) is 0.0800. The number of allylic oxidation sites excluding steroid dienone is 1. The molecule has 0 radical (unpaired) electrons. The molecule has 4 heteroatoms. The molecule has 142 valence electrons. The maximum absolute atomic E-state index is 13.4. The van der Waals surface area contributed by atoms with E-state index in [4.69, 9.17) is 0 Å². The van der Waals surface area contributed by atoms with Crippen molar-refractivity contribution in [3.63, 3.8) is 0 Å². The number of halogens is 1. The van der Waals surface area contributed by atoms with Gasteiger partial charge in [-0.1, -0.05) is 60.7 Å². The Kier molecular flexibility index (Phi) is 4.24. The van der Waals surface area contributed by atoms with E-state index in [1.165, 1.54) is 12.1 Å². The van der Waals surface area contributed by atoms with Gasteiger partial charge in [0.25, 0.3) is 5.56 Å². The minimum atomic E-state index is -0.255. The van der Waals surface area contributed by atoms with E-state index in [1.54, 1.807) is 16.8 Å². The Hall–Kier alpha value is -3.66. The minimum Gasteiger partial charge on any atom is -0.291 e. The maximum atomic E-state index is 13.4. The van der Waals surface area contributed by atoms with Crippen LogP contribution in [-0.2, 0) is 0 Å². The summed E-state index contributed by atoms with van der Waals surface area (Å²) in [6.45, 7) is 0. The molecular weight excluding hydrogens is 363 g/mol. The fourth-order valence-corrected chi connectivity index (χ4v) is 4.06. The Labute approximate surface area is 167 Å². The second-order valence-electron chi connectivity index (χ2n) is 7.26. The number of nitrogens with one attached hydrogen (secondary N) is 1. The van der Waals surface area contributed by atoms with Crippen LogP contribution in [0, 0.1) is 5.82 Å². The molecule has 0 bridgehead atoms.